The topological polar surface area (TPSA) is 68.3 Å². The molecule has 0 aliphatic heterocycles. The Morgan fingerprint density at radius 2 is 2.19 bits per heavy atom. The number of carbonyl (C=O) groups excluding carboxylic acids is 1. The quantitative estimate of drug-likeness (QED) is 0.771. The Hall–Kier alpha value is -1.36. The monoisotopic (exact) mass is 240 g/mol. The number of amides is 1. The van der Waals surface area contributed by atoms with E-state index >= 15 is 0 Å². The first-order valence-electron chi connectivity index (χ1n) is 5.21. The van der Waals surface area contributed by atoms with E-state index in [2.05, 4.69) is 5.32 Å². The largest absolute Gasteiger partial charge is 0.459 e. The molecule has 16 heavy (non-hydrogen) atoms. The van der Waals surface area contributed by atoms with Crippen LogP contribution in [0, 0.1) is 0 Å². The predicted octanol–water partition coefficient (Wildman–Crippen LogP) is 1.85. The van der Waals surface area contributed by atoms with Crippen molar-refractivity contribution in [3.8, 4) is 0 Å². The number of nitrogens with one attached hydrogen (secondary N) is 1. The second kappa shape index (κ2) is 5.12. The molecule has 1 rings (SSSR count). The van der Waals surface area contributed by atoms with Crippen LogP contribution in [0.5, 0.6) is 0 Å². The second-order valence-corrected chi connectivity index (χ2v) is 4.02. The summed E-state index contributed by atoms with van der Waals surface area (Å²) in [5.41, 5.74) is 5.05. The molecular formula is C11H16N2O2S. The van der Waals surface area contributed by atoms with Crippen LogP contribution in [0.3, 0.4) is 0 Å². The summed E-state index contributed by atoms with van der Waals surface area (Å²) in [6.45, 7) is 3.87. The third-order valence-electron chi connectivity index (χ3n) is 2.78. The van der Waals surface area contributed by atoms with Gasteiger partial charge in [0.25, 0.3) is 5.91 Å². The molecule has 1 heterocycles. The average Bonchev–Trinajstić information content (AvgIpc) is 2.78. The molecule has 0 spiro atoms. The van der Waals surface area contributed by atoms with Gasteiger partial charge in [0.1, 0.15) is 0 Å². The van der Waals surface area contributed by atoms with Gasteiger partial charge in [0.05, 0.1) is 16.8 Å². The van der Waals surface area contributed by atoms with Crippen LogP contribution < -0.4 is 11.1 Å². The van der Waals surface area contributed by atoms with Gasteiger partial charge >= 0.3 is 0 Å². The lowest BCUT2D eigenvalue weighted by atomic mass is 9.92. The molecule has 4 nitrogen and oxygen atoms in total. The highest BCUT2D eigenvalue weighted by Crippen LogP contribution is 2.16. The van der Waals surface area contributed by atoms with Crippen molar-refractivity contribution in [3.05, 3.63) is 24.2 Å². The lowest BCUT2D eigenvalue weighted by molar-refractivity contribution is 0.0891. The number of carbonyl (C=O) groups is 1. The van der Waals surface area contributed by atoms with Gasteiger partial charge in [0.2, 0.25) is 0 Å². The minimum atomic E-state index is -0.626. The fraction of sp³-hybridized carbons (Fsp3) is 0.455. The van der Waals surface area contributed by atoms with E-state index in [0.717, 1.165) is 0 Å². The maximum absolute atomic E-state index is 11.8. The number of furan rings is 1. The van der Waals surface area contributed by atoms with Gasteiger partial charge in [0, 0.05) is 0 Å². The lowest BCUT2D eigenvalue weighted by Crippen LogP contribution is -2.55. The number of hydrogen-bond donors (Lipinski definition) is 2. The molecule has 1 aromatic heterocycles. The van der Waals surface area contributed by atoms with Gasteiger partial charge in [0.15, 0.2) is 5.76 Å². The Morgan fingerprint density at radius 1 is 1.56 bits per heavy atom. The molecule has 0 aliphatic rings. The molecule has 5 heteroatoms. The van der Waals surface area contributed by atoms with Crippen LogP contribution >= 0.6 is 12.2 Å². The zero-order valence-electron chi connectivity index (χ0n) is 9.45. The van der Waals surface area contributed by atoms with E-state index < -0.39 is 5.54 Å². The number of nitrogens with two attached hydrogens (primary N) is 1. The molecule has 0 saturated heterocycles. The van der Waals surface area contributed by atoms with E-state index in [-0.39, 0.29) is 11.7 Å². The highest BCUT2D eigenvalue weighted by molar-refractivity contribution is 7.80. The van der Waals surface area contributed by atoms with Crippen molar-refractivity contribution in [2.75, 3.05) is 0 Å². The van der Waals surface area contributed by atoms with Gasteiger partial charge in [-0.05, 0) is 25.0 Å². The van der Waals surface area contributed by atoms with E-state index in [1.54, 1.807) is 12.1 Å². The van der Waals surface area contributed by atoms with Gasteiger partial charge in [-0.15, -0.1) is 0 Å². The molecule has 88 valence electrons. The Bertz CT molecular complexity index is 369. The first-order chi connectivity index (χ1) is 7.55. The summed E-state index contributed by atoms with van der Waals surface area (Å²) in [5.74, 6) is -0.0241. The van der Waals surface area contributed by atoms with E-state index in [1.165, 1.54) is 6.26 Å². The maximum atomic E-state index is 11.8. The van der Waals surface area contributed by atoms with Gasteiger partial charge < -0.3 is 15.5 Å². The van der Waals surface area contributed by atoms with E-state index in [4.69, 9.17) is 22.4 Å². The molecule has 0 saturated carbocycles. The van der Waals surface area contributed by atoms with Gasteiger partial charge in [-0.3, -0.25) is 4.79 Å². The third kappa shape index (κ3) is 2.41. The zero-order chi connectivity index (χ0) is 12.2. The van der Waals surface area contributed by atoms with Crippen LogP contribution in [0.1, 0.15) is 37.2 Å². The Kier molecular flexibility index (Phi) is 4.06. The summed E-state index contributed by atoms with van der Waals surface area (Å²) in [5, 5.41) is 2.83. The summed E-state index contributed by atoms with van der Waals surface area (Å²) >= 11 is 5.01. The maximum Gasteiger partial charge on any atom is 0.287 e. The summed E-state index contributed by atoms with van der Waals surface area (Å²) in [4.78, 5) is 12.1. The Labute approximate surface area is 100 Å². The second-order valence-electron chi connectivity index (χ2n) is 3.58. The van der Waals surface area contributed by atoms with E-state index in [1.807, 2.05) is 13.8 Å². The zero-order valence-corrected chi connectivity index (χ0v) is 10.3. The molecule has 1 amide bonds. The molecule has 1 aromatic rings. The van der Waals surface area contributed by atoms with Crippen molar-refractivity contribution in [2.45, 2.75) is 32.2 Å². The first kappa shape index (κ1) is 12.7. The van der Waals surface area contributed by atoms with Gasteiger partial charge in [-0.2, -0.15) is 0 Å². The fourth-order valence-electron chi connectivity index (χ4n) is 1.52. The van der Waals surface area contributed by atoms with Crippen LogP contribution in [0.4, 0.5) is 0 Å². The highest BCUT2D eigenvalue weighted by atomic mass is 32.1. The van der Waals surface area contributed by atoms with Gasteiger partial charge in [-0.25, -0.2) is 0 Å². The fourth-order valence-corrected chi connectivity index (χ4v) is 1.86. The van der Waals surface area contributed by atoms with Crippen LogP contribution in [0.2, 0.25) is 0 Å². The number of thiocarbonyl (C=S) groups is 1. The first-order valence-corrected chi connectivity index (χ1v) is 5.62. The van der Waals surface area contributed by atoms with Crippen LogP contribution in [0.15, 0.2) is 22.8 Å². The summed E-state index contributed by atoms with van der Waals surface area (Å²) in [7, 11) is 0. The van der Waals surface area contributed by atoms with Crippen molar-refractivity contribution >= 4 is 23.1 Å². The normalized spacial score (nSPS) is 11.1. The molecule has 0 radical (unpaired) electrons. The Balaban J connectivity index is 2.84. The average molecular weight is 240 g/mol. The summed E-state index contributed by atoms with van der Waals surface area (Å²) in [6.07, 6.45) is 2.77. The minimum Gasteiger partial charge on any atom is -0.459 e. The van der Waals surface area contributed by atoms with Crippen LogP contribution in [-0.2, 0) is 0 Å². The van der Waals surface area contributed by atoms with E-state index in [0.29, 0.717) is 17.8 Å². The van der Waals surface area contributed by atoms with Gasteiger partial charge in [-0.1, -0.05) is 26.1 Å². The molecule has 0 aliphatic carbocycles. The minimum absolute atomic E-state index is 0.266. The van der Waals surface area contributed by atoms with Crippen molar-refractivity contribution in [1.29, 1.82) is 0 Å². The standard InChI is InChI=1S/C11H16N2O2S/c1-3-11(4-2,10(12)16)13-9(14)8-6-5-7-15-8/h5-7H,3-4H2,1-2H3,(H2,12,16)(H,13,14). The molecule has 0 unspecified atom stereocenters. The summed E-state index contributed by atoms with van der Waals surface area (Å²) in [6, 6.07) is 3.26. The highest BCUT2D eigenvalue weighted by Gasteiger charge is 2.32. The SMILES string of the molecule is CCC(CC)(NC(=O)c1ccco1)C(N)=S. The van der Waals surface area contributed by atoms with Crippen LogP contribution in [-0.4, -0.2) is 16.4 Å². The third-order valence-corrected chi connectivity index (χ3v) is 3.17. The van der Waals surface area contributed by atoms with E-state index in [9.17, 15) is 4.79 Å². The predicted molar refractivity (Wildman–Crippen MR) is 66.3 cm³/mol. The van der Waals surface area contributed by atoms with Crippen LogP contribution in [0.25, 0.3) is 0 Å². The Morgan fingerprint density at radius 3 is 2.56 bits per heavy atom. The van der Waals surface area contributed by atoms with Crippen molar-refractivity contribution in [2.24, 2.45) is 5.73 Å². The van der Waals surface area contributed by atoms with Crippen molar-refractivity contribution in [3.63, 3.8) is 0 Å². The molecular weight excluding hydrogens is 224 g/mol. The molecule has 0 aromatic carbocycles. The van der Waals surface area contributed by atoms with Crippen molar-refractivity contribution in [1.82, 2.24) is 5.32 Å². The summed E-state index contributed by atoms with van der Waals surface area (Å²) < 4.78 is 5.01. The lowest BCUT2D eigenvalue weighted by Gasteiger charge is -2.31. The molecule has 0 bridgehead atoms. The molecule has 0 fully saturated rings. The number of rotatable bonds is 5. The van der Waals surface area contributed by atoms with Crippen molar-refractivity contribution < 1.29 is 9.21 Å². The smallest absolute Gasteiger partial charge is 0.287 e. The molecule has 0 atom stereocenters. The molecule has 3 N–H and O–H groups in total. The number of hydrogen-bond acceptors (Lipinski definition) is 3.